The van der Waals surface area contributed by atoms with E-state index in [0.717, 1.165) is 16.8 Å². The van der Waals surface area contributed by atoms with Crippen LogP contribution in [0, 0.1) is 34.6 Å². The van der Waals surface area contributed by atoms with Crippen molar-refractivity contribution in [3.05, 3.63) is 27.8 Å². The van der Waals surface area contributed by atoms with Crippen LogP contribution in [0.5, 0.6) is 0 Å². The van der Waals surface area contributed by atoms with Crippen molar-refractivity contribution in [3.63, 3.8) is 0 Å². The Morgan fingerprint density at radius 1 is 0.714 bits per heavy atom. The van der Waals surface area contributed by atoms with Crippen LogP contribution in [0.1, 0.15) is 27.8 Å². The Kier molecular flexibility index (Phi) is 2.89. The highest BCUT2D eigenvalue weighted by Crippen LogP contribution is 2.32. The summed E-state index contributed by atoms with van der Waals surface area (Å²) in [5, 5.41) is 15.1. The molecule has 76 valence electrons. The number of nitrogens with zero attached hydrogens (tertiary/aromatic N) is 2. The lowest BCUT2D eigenvalue weighted by molar-refractivity contribution is 0.288. The molecule has 1 aromatic carbocycles. The molecule has 0 aliphatic carbocycles. The van der Waals surface area contributed by atoms with Crippen molar-refractivity contribution in [3.8, 4) is 0 Å². The maximum atomic E-state index is 8.48. The van der Waals surface area contributed by atoms with Crippen LogP contribution in [-0.2, 0) is 0 Å². The summed E-state index contributed by atoms with van der Waals surface area (Å²) >= 11 is 0. The fraction of sp³-hybridized carbons (Fsp3) is 0.455. The quantitative estimate of drug-likeness (QED) is 0.535. The third-order valence-electron chi connectivity index (χ3n) is 3.11. The summed E-state index contributed by atoms with van der Waals surface area (Å²) in [6.45, 7) is 10.2. The van der Waals surface area contributed by atoms with Gasteiger partial charge in [-0.15, -0.1) is 5.11 Å². The van der Waals surface area contributed by atoms with Gasteiger partial charge in [0.2, 0.25) is 0 Å². The summed E-state index contributed by atoms with van der Waals surface area (Å²) < 4.78 is 0. The Morgan fingerprint density at radius 3 is 1.43 bits per heavy atom. The lowest BCUT2D eigenvalue weighted by Crippen LogP contribution is -1.95. The second-order valence-corrected chi connectivity index (χ2v) is 3.66. The van der Waals surface area contributed by atoms with E-state index in [9.17, 15) is 0 Å². The largest absolute Gasteiger partial charge is 0.394 e. The third kappa shape index (κ3) is 1.50. The van der Waals surface area contributed by atoms with Crippen LogP contribution < -0.4 is 0 Å². The van der Waals surface area contributed by atoms with Crippen LogP contribution in [0.4, 0.5) is 5.69 Å². The summed E-state index contributed by atoms with van der Waals surface area (Å²) in [6.07, 6.45) is 0. The fourth-order valence-corrected chi connectivity index (χ4v) is 1.67. The standard InChI is InChI=1S/C11H16N2O/c1-6-7(2)9(4)11(12-13-14)10(5)8(6)3/h1-5H3,(H,12,14). The van der Waals surface area contributed by atoms with Crippen LogP contribution in [-0.4, -0.2) is 5.21 Å². The van der Waals surface area contributed by atoms with Gasteiger partial charge in [-0.3, -0.25) is 0 Å². The van der Waals surface area contributed by atoms with E-state index in [2.05, 4.69) is 31.2 Å². The molecule has 1 aromatic rings. The van der Waals surface area contributed by atoms with Gasteiger partial charge in [-0.25, -0.2) is 0 Å². The maximum Gasteiger partial charge on any atom is 0.0953 e. The Morgan fingerprint density at radius 2 is 1.07 bits per heavy atom. The van der Waals surface area contributed by atoms with Gasteiger partial charge in [0.15, 0.2) is 0 Å². The van der Waals surface area contributed by atoms with E-state index < -0.39 is 0 Å². The molecule has 0 unspecified atom stereocenters. The predicted octanol–water partition coefficient (Wildman–Crippen LogP) is 3.70. The van der Waals surface area contributed by atoms with Crippen LogP contribution in [0.2, 0.25) is 0 Å². The predicted molar refractivity (Wildman–Crippen MR) is 56.4 cm³/mol. The molecule has 0 radical (unpaired) electrons. The first-order valence-electron chi connectivity index (χ1n) is 4.62. The zero-order valence-corrected chi connectivity index (χ0v) is 9.34. The number of hydrogen-bond donors (Lipinski definition) is 1. The summed E-state index contributed by atoms with van der Waals surface area (Å²) in [4.78, 5) is 0. The Bertz CT molecular complexity index is 366. The maximum absolute atomic E-state index is 8.48. The summed E-state index contributed by atoms with van der Waals surface area (Å²) in [6, 6.07) is 0. The molecule has 0 saturated carbocycles. The summed E-state index contributed by atoms with van der Waals surface area (Å²) in [7, 11) is 0. The third-order valence-corrected chi connectivity index (χ3v) is 3.11. The zero-order chi connectivity index (χ0) is 10.9. The van der Waals surface area contributed by atoms with Gasteiger partial charge in [0, 0.05) is 5.28 Å². The molecule has 0 spiro atoms. The molecule has 0 saturated heterocycles. The van der Waals surface area contributed by atoms with Gasteiger partial charge in [-0.05, 0) is 62.4 Å². The lowest BCUT2D eigenvalue weighted by atomic mass is 9.93. The van der Waals surface area contributed by atoms with Gasteiger partial charge in [0.25, 0.3) is 0 Å². The molecule has 3 nitrogen and oxygen atoms in total. The van der Waals surface area contributed by atoms with Gasteiger partial charge in [0.1, 0.15) is 0 Å². The molecule has 1 N–H and O–H groups in total. The Hall–Kier alpha value is -1.38. The van der Waals surface area contributed by atoms with E-state index in [-0.39, 0.29) is 0 Å². The first kappa shape index (κ1) is 10.7. The second kappa shape index (κ2) is 3.78. The molecule has 14 heavy (non-hydrogen) atoms. The SMILES string of the molecule is Cc1c(C)c(C)c(N=NO)c(C)c1C. The zero-order valence-electron chi connectivity index (χ0n) is 9.34. The van der Waals surface area contributed by atoms with Crippen LogP contribution >= 0.6 is 0 Å². The monoisotopic (exact) mass is 192 g/mol. The number of benzene rings is 1. The van der Waals surface area contributed by atoms with Gasteiger partial charge in [-0.1, -0.05) is 0 Å². The molecule has 0 aliphatic rings. The molecular formula is C11H16N2O. The van der Waals surface area contributed by atoms with Crippen molar-refractivity contribution in [1.29, 1.82) is 0 Å². The molecule has 1 rings (SSSR count). The molecule has 0 aromatic heterocycles. The molecule has 0 amide bonds. The van der Waals surface area contributed by atoms with Gasteiger partial charge in [-0.2, -0.15) is 0 Å². The van der Waals surface area contributed by atoms with E-state index in [1.807, 2.05) is 13.8 Å². The van der Waals surface area contributed by atoms with E-state index in [4.69, 9.17) is 5.21 Å². The molecule has 0 heterocycles. The van der Waals surface area contributed by atoms with E-state index >= 15 is 0 Å². The van der Waals surface area contributed by atoms with Crippen molar-refractivity contribution >= 4 is 5.69 Å². The molecule has 0 atom stereocenters. The van der Waals surface area contributed by atoms with Crippen molar-refractivity contribution in [2.24, 2.45) is 10.4 Å². The van der Waals surface area contributed by atoms with Crippen molar-refractivity contribution in [1.82, 2.24) is 0 Å². The van der Waals surface area contributed by atoms with Crippen molar-refractivity contribution in [2.45, 2.75) is 34.6 Å². The minimum Gasteiger partial charge on any atom is -0.394 e. The molecule has 3 heteroatoms. The molecule has 0 bridgehead atoms. The highest BCUT2D eigenvalue weighted by molar-refractivity contribution is 5.60. The molecule has 0 aliphatic heterocycles. The highest BCUT2D eigenvalue weighted by atomic mass is 16.5. The summed E-state index contributed by atoms with van der Waals surface area (Å²) in [5.74, 6) is 0. The van der Waals surface area contributed by atoms with Crippen LogP contribution in [0.25, 0.3) is 0 Å². The fourth-order valence-electron chi connectivity index (χ4n) is 1.67. The van der Waals surface area contributed by atoms with Gasteiger partial charge < -0.3 is 5.21 Å². The second-order valence-electron chi connectivity index (χ2n) is 3.66. The lowest BCUT2D eigenvalue weighted by Gasteiger charge is -2.14. The van der Waals surface area contributed by atoms with Crippen molar-refractivity contribution < 1.29 is 5.21 Å². The van der Waals surface area contributed by atoms with Crippen LogP contribution in [0.15, 0.2) is 10.4 Å². The topological polar surface area (TPSA) is 45.0 Å². The Labute approximate surface area is 84.5 Å². The first-order chi connectivity index (χ1) is 6.50. The van der Waals surface area contributed by atoms with Crippen molar-refractivity contribution in [2.75, 3.05) is 0 Å². The highest BCUT2D eigenvalue weighted by Gasteiger charge is 2.11. The smallest absolute Gasteiger partial charge is 0.0953 e. The summed E-state index contributed by atoms with van der Waals surface area (Å²) in [5.41, 5.74) is 6.68. The van der Waals surface area contributed by atoms with E-state index in [1.165, 1.54) is 16.7 Å². The minimum absolute atomic E-state index is 0.785. The molecule has 0 fully saturated rings. The average Bonchev–Trinajstić information content (AvgIpc) is 2.19. The minimum atomic E-state index is 0.785. The Balaban J connectivity index is 3.59. The van der Waals surface area contributed by atoms with Gasteiger partial charge in [0.05, 0.1) is 5.69 Å². The van der Waals surface area contributed by atoms with Crippen LogP contribution in [0.3, 0.4) is 0 Å². The van der Waals surface area contributed by atoms with E-state index in [0.29, 0.717) is 0 Å². The number of rotatable bonds is 1. The first-order valence-corrected chi connectivity index (χ1v) is 4.62. The normalized spacial score (nSPS) is 11.2. The van der Waals surface area contributed by atoms with Gasteiger partial charge >= 0.3 is 0 Å². The molecular weight excluding hydrogens is 176 g/mol. The number of hydrogen-bond acceptors (Lipinski definition) is 2. The van der Waals surface area contributed by atoms with E-state index in [1.54, 1.807) is 0 Å². The average molecular weight is 192 g/mol.